The Labute approximate surface area is 231 Å². The first kappa shape index (κ1) is 33.5. The summed E-state index contributed by atoms with van der Waals surface area (Å²) in [5, 5.41) is 5.91. The first-order chi connectivity index (χ1) is 17.7. The zero-order valence-corrected chi connectivity index (χ0v) is 25.4. The molecule has 2 N–H and O–H groups in total. The van der Waals surface area contributed by atoms with Gasteiger partial charge in [0.1, 0.15) is 17.7 Å². The molecule has 0 bridgehead atoms. The van der Waals surface area contributed by atoms with Gasteiger partial charge in [0.2, 0.25) is 11.8 Å². The van der Waals surface area contributed by atoms with E-state index in [1.165, 1.54) is 12.8 Å². The van der Waals surface area contributed by atoms with Crippen molar-refractivity contribution in [3.05, 3.63) is 35.9 Å². The number of hydrogen-bond acceptors (Lipinski definition) is 4. The van der Waals surface area contributed by atoms with Gasteiger partial charge >= 0.3 is 6.09 Å². The van der Waals surface area contributed by atoms with E-state index in [9.17, 15) is 14.4 Å². The van der Waals surface area contributed by atoms with Gasteiger partial charge in [0.25, 0.3) is 0 Å². The Hall–Kier alpha value is -2.57. The molecule has 0 aromatic heterocycles. The van der Waals surface area contributed by atoms with Crippen molar-refractivity contribution in [1.29, 1.82) is 0 Å². The third-order valence-corrected chi connectivity index (χ3v) is 6.36. The van der Waals surface area contributed by atoms with Crippen LogP contribution in [0.2, 0.25) is 0 Å². The van der Waals surface area contributed by atoms with Crippen molar-refractivity contribution in [2.45, 2.75) is 130 Å². The fraction of sp³-hybridized carbons (Fsp3) is 0.710. The highest BCUT2D eigenvalue weighted by Crippen LogP contribution is 2.26. The molecule has 1 aromatic rings. The Morgan fingerprint density at radius 2 is 1.47 bits per heavy atom. The molecule has 216 valence electrons. The number of amides is 3. The molecule has 38 heavy (non-hydrogen) atoms. The lowest BCUT2D eigenvalue weighted by atomic mass is 9.95. The topological polar surface area (TPSA) is 87.7 Å². The van der Waals surface area contributed by atoms with E-state index < -0.39 is 29.3 Å². The van der Waals surface area contributed by atoms with Crippen molar-refractivity contribution in [3.63, 3.8) is 0 Å². The summed E-state index contributed by atoms with van der Waals surface area (Å²) in [4.78, 5) is 42.4. The molecule has 0 saturated carbocycles. The lowest BCUT2D eigenvalue weighted by Gasteiger charge is -2.37. The van der Waals surface area contributed by atoms with Gasteiger partial charge in [-0.2, -0.15) is 0 Å². The number of unbranched alkanes of at least 4 members (excludes halogenated alkanes) is 5. The Bertz CT molecular complexity index is 858. The summed E-state index contributed by atoms with van der Waals surface area (Å²) < 4.78 is 5.49. The summed E-state index contributed by atoms with van der Waals surface area (Å²) in [6.07, 6.45) is 6.41. The molecule has 7 nitrogen and oxygen atoms in total. The maximum absolute atomic E-state index is 14.3. The van der Waals surface area contributed by atoms with E-state index in [-0.39, 0.29) is 17.7 Å². The van der Waals surface area contributed by atoms with E-state index in [0.717, 1.165) is 31.2 Å². The van der Waals surface area contributed by atoms with Gasteiger partial charge in [-0.15, -0.1) is 0 Å². The van der Waals surface area contributed by atoms with Crippen LogP contribution in [0, 0.1) is 5.92 Å². The van der Waals surface area contributed by atoms with Crippen LogP contribution < -0.4 is 10.6 Å². The van der Waals surface area contributed by atoms with Crippen LogP contribution in [-0.2, 0) is 14.3 Å². The molecule has 1 aromatic carbocycles. The lowest BCUT2D eigenvalue weighted by Crippen LogP contribution is -2.56. The Balaban J connectivity index is 3.43. The van der Waals surface area contributed by atoms with Crippen LogP contribution in [0.3, 0.4) is 0 Å². The molecule has 3 atom stereocenters. The molecule has 0 fully saturated rings. The summed E-state index contributed by atoms with van der Waals surface area (Å²) in [6, 6.07) is 7.79. The fourth-order valence-corrected chi connectivity index (χ4v) is 4.27. The van der Waals surface area contributed by atoms with Gasteiger partial charge in [0, 0.05) is 12.1 Å². The second kappa shape index (κ2) is 15.7. The zero-order valence-electron chi connectivity index (χ0n) is 25.4. The normalized spacial score (nSPS) is 14.2. The molecule has 3 amide bonds. The first-order valence-corrected chi connectivity index (χ1v) is 14.4. The third kappa shape index (κ3) is 12.3. The summed E-state index contributed by atoms with van der Waals surface area (Å²) in [5.74, 6) is -0.649. The van der Waals surface area contributed by atoms with Crippen LogP contribution >= 0.6 is 0 Å². The average molecular weight is 532 g/mol. The molecule has 0 saturated heterocycles. The van der Waals surface area contributed by atoms with E-state index in [1.807, 2.05) is 65.0 Å². The van der Waals surface area contributed by atoms with E-state index in [2.05, 4.69) is 17.6 Å². The van der Waals surface area contributed by atoms with Crippen molar-refractivity contribution in [1.82, 2.24) is 15.5 Å². The van der Waals surface area contributed by atoms with Crippen molar-refractivity contribution >= 4 is 17.9 Å². The number of nitrogens with one attached hydrogen (secondary N) is 2. The van der Waals surface area contributed by atoms with Gasteiger partial charge in [0.15, 0.2) is 0 Å². The second-order valence-electron chi connectivity index (χ2n) is 12.4. The SMILES string of the molecule is CCCCCCCCN(C(=O)C(NC(=O)OC(C)(C)C)C(C)CC)C(C(=O)NC(C)(C)C)c1ccccc1. The van der Waals surface area contributed by atoms with E-state index >= 15 is 0 Å². The Morgan fingerprint density at radius 3 is 2.00 bits per heavy atom. The number of rotatable bonds is 14. The molecule has 1 rings (SSSR count). The first-order valence-electron chi connectivity index (χ1n) is 14.4. The maximum atomic E-state index is 14.3. The minimum Gasteiger partial charge on any atom is -0.444 e. The van der Waals surface area contributed by atoms with Crippen LogP contribution in [0.25, 0.3) is 0 Å². The van der Waals surface area contributed by atoms with Gasteiger partial charge < -0.3 is 20.3 Å². The van der Waals surface area contributed by atoms with Crippen LogP contribution in [0.15, 0.2) is 30.3 Å². The number of hydrogen-bond donors (Lipinski definition) is 2. The van der Waals surface area contributed by atoms with Gasteiger partial charge in [-0.1, -0.05) is 89.6 Å². The van der Waals surface area contributed by atoms with Gasteiger partial charge in [-0.3, -0.25) is 9.59 Å². The number of carbonyl (C=O) groups excluding carboxylic acids is 3. The van der Waals surface area contributed by atoms with Crippen LogP contribution in [-0.4, -0.2) is 46.5 Å². The summed E-state index contributed by atoms with van der Waals surface area (Å²) in [5.41, 5.74) is -0.414. The monoisotopic (exact) mass is 531 g/mol. The molecule has 0 aliphatic rings. The molecule has 0 radical (unpaired) electrons. The summed E-state index contributed by atoms with van der Waals surface area (Å²) in [7, 11) is 0. The summed E-state index contributed by atoms with van der Waals surface area (Å²) in [6.45, 7) is 17.7. The second-order valence-corrected chi connectivity index (χ2v) is 12.4. The quantitative estimate of drug-likeness (QED) is 0.259. The molecule has 3 unspecified atom stereocenters. The number of nitrogens with zero attached hydrogens (tertiary/aromatic N) is 1. The largest absolute Gasteiger partial charge is 0.444 e. The molecule has 0 heterocycles. The maximum Gasteiger partial charge on any atom is 0.408 e. The molecule has 0 aliphatic heterocycles. The summed E-state index contributed by atoms with van der Waals surface area (Å²) >= 11 is 0. The zero-order chi connectivity index (χ0) is 28.9. The fourth-order valence-electron chi connectivity index (χ4n) is 4.27. The van der Waals surface area contributed by atoms with Crippen molar-refractivity contribution in [2.75, 3.05) is 6.54 Å². The number of alkyl carbamates (subject to hydrolysis) is 1. The minimum absolute atomic E-state index is 0.149. The molecular weight excluding hydrogens is 478 g/mol. The molecule has 0 aliphatic carbocycles. The van der Waals surface area contributed by atoms with Crippen molar-refractivity contribution in [2.24, 2.45) is 5.92 Å². The molecular formula is C31H53N3O4. The molecule has 7 heteroatoms. The van der Waals surface area contributed by atoms with Crippen molar-refractivity contribution in [3.8, 4) is 0 Å². The number of carbonyl (C=O) groups is 3. The van der Waals surface area contributed by atoms with Crippen LogP contribution in [0.1, 0.15) is 119 Å². The van der Waals surface area contributed by atoms with Crippen LogP contribution in [0.4, 0.5) is 4.79 Å². The highest BCUT2D eigenvalue weighted by Gasteiger charge is 2.38. The predicted molar refractivity (Wildman–Crippen MR) is 155 cm³/mol. The number of ether oxygens (including phenoxy) is 1. The highest BCUT2D eigenvalue weighted by atomic mass is 16.6. The van der Waals surface area contributed by atoms with E-state index in [1.54, 1.807) is 25.7 Å². The Kier molecular flexibility index (Phi) is 13.9. The minimum atomic E-state index is -0.816. The third-order valence-electron chi connectivity index (χ3n) is 6.36. The lowest BCUT2D eigenvalue weighted by molar-refractivity contribution is -0.144. The smallest absolute Gasteiger partial charge is 0.408 e. The number of benzene rings is 1. The predicted octanol–water partition coefficient (Wildman–Crippen LogP) is 6.77. The van der Waals surface area contributed by atoms with Crippen LogP contribution in [0.5, 0.6) is 0 Å². The van der Waals surface area contributed by atoms with Gasteiger partial charge in [0.05, 0.1) is 0 Å². The standard InChI is InChI=1S/C31H53N3O4/c1-10-12-13-14-15-19-22-34(26(24-20-17-16-18-21-24)27(35)33-30(4,5)6)28(36)25(23(3)11-2)32-29(37)38-31(7,8)9/h16-18,20-21,23,25-26H,10-15,19,22H2,1-9H3,(H,32,37)(H,33,35). The molecule has 0 spiro atoms. The Morgan fingerprint density at radius 1 is 0.895 bits per heavy atom. The van der Waals surface area contributed by atoms with Crippen molar-refractivity contribution < 1.29 is 19.1 Å². The van der Waals surface area contributed by atoms with Gasteiger partial charge in [-0.25, -0.2) is 4.79 Å². The van der Waals surface area contributed by atoms with Gasteiger partial charge in [-0.05, 0) is 59.4 Å². The van der Waals surface area contributed by atoms with E-state index in [0.29, 0.717) is 13.0 Å². The van der Waals surface area contributed by atoms with E-state index in [4.69, 9.17) is 4.74 Å². The highest BCUT2D eigenvalue weighted by molar-refractivity contribution is 5.92. The average Bonchev–Trinajstić information content (AvgIpc) is 2.81.